The summed E-state index contributed by atoms with van der Waals surface area (Å²) in [5.41, 5.74) is 8.03. The van der Waals surface area contributed by atoms with Crippen LogP contribution in [0.3, 0.4) is 0 Å². The summed E-state index contributed by atoms with van der Waals surface area (Å²) >= 11 is 0. The first-order valence-corrected chi connectivity index (χ1v) is 12.4. The number of carbonyl (C=O) groups is 1. The summed E-state index contributed by atoms with van der Waals surface area (Å²) in [6, 6.07) is 9.40. The van der Waals surface area contributed by atoms with E-state index in [0.717, 1.165) is 64.1 Å². The number of amides is 1. The van der Waals surface area contributed by atoms with Crippen molar-refractivity contribution in [2.75, 3.05) is 39.8 Å². The summed E-state index contributed by atoms with van der Waals surface area (Å²) in [7, 11) is 1.83. The molecule has 1 aromatic rings. The van der Waals surface area contributed by atoms with Crippen molar-refractivity contribution in [1.29, 1.82) is 0 Å². The van der Waals surface area contributed by atoms with Crippen LogP contribution in [0, 0.1) is 5.92 Å². The van der Waals surface area contributed by atoms with Crippen molar-refractivity contribution >= 4 is 11.9 Å². The lowest BCUT2D eigenvalue weighted by molar-refractivity contribution is -0.123. The van der Waals surface area contributed by atoms with Crippen molar-refractivity contribution in [2.45, 2.75) is 64.6 Å². The summed E-state index contributed by atoms with van der Waals surface area (Å²) in [5.74, 6) is 0.665. The number of hydrogen-bond acceptors (Lipinski definition) is 4. The van der Waals surface area contributed by atoms with Gasteiger partial charge < -0.3 is 16.4 Å². The van der Waals surface area contributed by atoms with Crippen LogP contribution in [0.4, 0.5) is 0 Å². The number of nitrogens with two attached hydrogens (primary N) is 1. The summed E-state index contributed by atoms with van der Waals surface area (Å²) in [4.78, 5) is 20.9. The number of guanidine groups is 1. The highest BCUT2D eigenvalue weighted by molar-refractivity contribution is 5.79. The fraction of sp³-hybridized carbons (Fsp3) is 0.680. The third-order valence-corrected chi connectivity index (χ3v) is 6.90. The van der Waals surface area contributed by atoms with Crippen LogP contribution in [-0.2, 0) is 17.9 Å². The Morgan fingerprint density at radius 1 is 1.16 bits per heavy atom. The zero-order chi connectivity index (χ0) is 22.8. The van der Waals surface area contributed by atoms with Gasteiger partial charge in [0.15, 0.2) is 5.96 Å². The van der Waals surface area contributed by atoms with Gasteiger partial charge in [0, 0.05) is 45.8 Å². The predicted octanol–water partition coefficient (Wildman–Crippen LogP) is 2.31. The van der Waals surface area contributed by atoms with Gasteiger partial charge in [-0.25, -0.2) is 0 Å². The van der Waals surface area contributed by atoms with E-state index in [1.807, 2.05) is 7.05 Å². The highest BCUT2D eigenvalue weighted by Gasteiger charge is 2.24. The van der Waals surface area contributed by atoms with Gasteiger partial charge in [-0.3, -0.25) is 19.6 Å². The molecule has 2 atom stereocenters. The summed E-state index contributed by atoms with van der Waals surface area (Å²) < 4.78 is 0. The largest absolute Gasteiger partial charge is 0.369 e. The number of hydrogen-bond donors (Lipinski definition) is 3. The normalized spacial score (nSPS) is 23.1. The molecule has 2 fully saturated rings. The number of likely N-dealkylation sites (tertiary alicyclic amines) is 2. The second-order valence-corrected chi connectivity index (χ2v) is 9.24. The average molecular weight is 443 g/mol. The third kappa shape index (κ3) is 7.48. The van der Waals surface area contributed by atoms with Gasteiger partial charge in [0.1, 0.15) is 0 Å². The van der Waals surface area contributed by atoms with Crippen LogP contribution in [0.15, 0.2) is 29.3 Å². The molecule has 7 nitrogen and oxygen atoms in total. The highest BCUT2D eigenvalue weighted by atomic mass is 16.1. The Labute approximate surface area is 193 Å². The maximum Gasteiger partial charge on any atom is 0.221 e. The minimum atomic E-state index is -0.169. The zero-order valence-corrected chi connectivity index (χ0v) is 20.0. The lowest BCUT2D eigenvalue weighted by Crippen LogP contribution is -2.45. The number of carbonyl (C=O) groups excluding carboxylic acids is 1. The van der Waals surface area contributed by atoms with Gasteiger partial charge in [-0.05, 0) is 56.3 Å². The standard InChI is InChI=1S/C25H42N6O/c1-3-23-11-4-5-14-31(23)15-12-28-25(27-2)29-17-20-8-6-9-21(16-20)18-30-13-7-10-22(19-30)24(26)32/h6,8-9,16,22-23H,3-5,7,10-15,17-19H2,1-2H3,(H2,26,32)(H2,27,28,29). The molecule has 2 aliphatic rings. The molecule has 2 unspecified atom stereocenters. The van der Waals surface area contributed by atoms with Gasteiger partial charge in [-0.2, -0.15) is 0 Å². The van der Waals surface area contributed by atoms with Crippen molar-refractivity contribution in [3.05, 3.63) is 35.4 Å². The minimum absolute atomic E-state index is 0.0134. The van der Waals surface area contributed by atoms with E-state index in [-0.39, 0.29) is 11.8 Å². The van der Waals surface area contributed by atoms with Crippen molar-refractivity contribution in [1.82, 2.24) is 20.4 Å². The second kappa shape index (κ2) is 12.8. The fourth-order valence-corrected chi connectivity index (χ4v) is 5.07. The maximum absolute atomic E-state index is 11.5. The quantitative estimate of drug-likeness (QED) is 0.404. The van der Waals surface area contributed by atoms with Gasteiger partial charge >= 0.3 is 0 Å². The molecule has 0 aromatic heterocycles. The topological polar surface area (TPSA) is 86.0 Å². The third-order valence-electron chi connectivity index (χ3n) is 6.90. The van der Waals surface area contributed by atoms with E-state index in [2.05, 4.69) is 56.6 Å². The molecule has 0 spiro atoms. The first-order chi connectivity index (χ1) is 15.6. The molecular weight excluding hydrogens is 400 g/mol. The molecule has 0 radical (unpaired) electrons. The molecule has 32 heavy (non-hydrogen) atoms. The lowest BCUT2D eigenvalue weighted by Gasteiger charge is -2.35. The maximum atomic E-state index is 11.5. The number of nitrogens with one attached hydrogen (secondary N) is 2. The Hall–Kier alpha value is -2.12. The SMILES string of the molecule is CCC1CCCCN1CCNC(=NC)NCc1cccc(CN2CCCC(C(N)=O)C2)c1. The fourth-order valence-electron chi connectivity index (χ4n) is 5.07. The van der Waals surface area contributed by atoms with Crippen LogP contribution in [0.25, 0.3) is 0 Å². The van der Waals surface area contributed by atoms with Gasteiger partial charge in [-0.15, -0.1) is 0 Å². The number of piperidine rings is 2. The monoisotopic (exact) mass is 442 g/mol. The Morgan fingerprint density at radius 2 is 2.00 bits per heavy atom. The summed E-state index contributed by atoms with van der Waals surface area (Å²) in [6.07, 6.45) is 7.21. The predicted molar refractivity (Wildman–Crippen MR) is 131 cm³/mol. The number of nitrogens with zero attached hydrogens (tertiary/aromatic N) is 3. The Morgan fingerprint density at radius 3 is 2.78 bits per heavy atom. The molecule has 0 aliphatic carbocycles. The van der Waals surface area contributed by atoms with Crippen LogP contribution >= 0.6 is 0 Å². The van der Waals surface area contributed by atoms with E-state index in [1.165, 1.54) is 43.4 Å². The van der Waals surface area contributed by atoms with Crippen molar-refractivity contribution in [3.8, 4) is 0 Å². The van der Waals surface area contributed by atoms with Crippen LogP contribution < -0.4 is 16.4 Å². The number of aliphatic imine (C=N–C) groups is 1. The second-order valence-electron chi connectivity index (χ2n) is 9.24. The molecule has 2 saturated heterocycles. The zero-order valence-electron chi connectivity index (χ0n) is 20.0. The van der Waals surface area contributed by atoms with E-state index >= 15 is 0 Å². The Bertz CT molecular complexity index is 752. The molecular formula is C25H42N6O. The highest BCUT2D eigenvalue weighted by Crippen LogP contribution is 2.19. The van der Waals surface area contributed by atoms with Crippen LogP contribution in [-0.4, -0.2) is 67.5 Å². The smallest absolute Gasteiger partial charge is 0.221 e. The van der Waals surface area contributed by atoms with Gasteiger partial charge in [0.2, 0.25) is 5.91 Å². The van der Waals surface area contributed by atoms with Crippen molar-refractivity contribution < 1.29 is 4.79 Å². The molecule has 7 heteroatoms. The minimum Gasteiger partial charge on any atom is -0.369 e. The average Bonchev–Trinajstić information content (AvgIpc) is 2.82. The van der Waals surface area contributed by atoms with Gasteiger partial charge in [0.25, 0.3) is 0 Å². The number of primary amides is 1. The van der Waals surface area contributed by atoms with Crippen molar-refractivity contribution in [3.63, 3.8) is 0 Å². The van der Waals surface area contributed by atoms with E-state index in [9.17, 15) is 4.79 Å². The number of benzene rings is 1. The summed E-state index contributed by atoms with van der Waals surface area (Å²) in [6.45, 7) is 8.88. The molecule has 0 saturated carbocycles. The molecule has 2 aliphatic heterocycles. The van der Waals surface area contributed by atoms with Gasteiger partial charge in [-0.1, -0.05) is 37.6 Å². The molecule has 2 heterocycles. The molecule has 3 rings (SSSR count). The van der Waals surface area contributed by atoms with E-state index in [4.69, 9.17) is 5.73 Å². The number of rotatable bonds is 9. The molecule has 4 N–H and O–H groups in total. The van der Waals surface area contributed by atoms with E-state index < -0.39 is 0 Å². The van der Waals surface area contributed by atoms with Crippen molar-refractivity contribution in [2.24, 2.45) is 16.6 Å². The molecule has 1 aromatic carbocycles. The molecule has 1 amide bonds. The van der Waals surface area contributed by atoms with E-state index in [0.29, 0.717) is 0 Å². The first-order valence-electron chi connectivity index (χ1n) is 12.4. The van der Waals surface area contributed by atoms with Crippen LogP contribution in [0.5, 0.6) is 0 Å². The molecule has 0 bridgehead atoms. The lowest BCUT2D eigenvalue weighted by atomic mass is 9.97. The van der Waals surface area contributed by atoms with Crippen LogP contribution in [0.2, 0.25) is 0 Å². The van der Waals surface area contributed by atoms with E-state index in [1.54, 1.807) is 0 Å². The summed E-state index contributed by atoms with van der Waals surface area (Å²) in [5, 5.41) is 6.92. The van der Waals surface area contributed by atoms with Gasteiger partial charge in [0.05, 0.1) is 5.92 Å². The molecule has 178 valence electrons. The Balaban J connectivity index is 1.43. The first kappa shape index (κ1) is 24.5. The Kier molecular flexibility index (Phi) is 9.81. The van der Waals surface area contributed by atoms with Crippen LogP contribution in [0.1, 0.15) is 56.6 Å².